The number of aliphatic hydroxyl groups excluding tert-OH is 1. The number of aliphatic hydroxyl groups is 1. The van der Waals surface area contributed by atoms with Crippen molar-refractivity contribution in [3.63, 3.8) is 0 Å². The number of carbonyl (C=O) groups is 1. The standard InChI is InChI=1S/C9H10F2N2O2/c10-5-2-1-3-6(11)8(5)7(4-14)13-9(12)15/h1-3,7,14H,4H2,(H3,12,13,15). The maximum absolute atomic E-state index is 13.2. The summed E-state index contributed by atoms with van der Waals surface area (Å²) < 4.78 is 26.4. The quantitative estimate of drug-likeness (QED) is 0.694. The summed E-state index contributed by atoms with van der Waals surface area (Å²) in [6, 6.07) is 1.11. The van der Waals surface area contributed by atoms with Gasteiger partial charge in [-0.15, -0.1) is 0 Å². The van der Waals surface area contributed by atoms with Gasteiger partial charge in [-0.1, -0.05) is 6.07 Å². The van der Waals surface area contributed by atoms with Crippen LogP contribution in [-0.4, -0.2) is 17.7 Å². The zero-order chi connectivity index (χ0) is 11.4. The van der Waals surface area contributed by atoms with E-state index in [1.54, 1.807) is 0 Å². The average Bonchev–Trinajstić information content (AvgIpc) is 2.15. The molecule has 0 bridgehead atoms. The van der Waals surface area contributed by atoms with Crippen LogP contribution >= 0.6 is 0 Å². The molecule has 1 unspecified atom stereocenters. The summed E-state index contributed by atoms with van der Waals surface area (Å²) in [5.74, 6) is -1.69. The SMILES string of the molecule is NC(=O)NC(CO)c1c(F)cccc1F. The molecular weight excluding hydrogens is 206 g/mol. The predicted octanol–water partition coefficient (Wildman–Crippen LogP) is 0.666. The van der Waals surface area contributed by atoms with E-state index in [0.29, 0.717) is 0 Å². The van der Waals surface area contributed by atoms with E-state index in [1.165, 1.54) is 6.07 Å². The van der Waals surface area contributed by atoms with Crippen molar-refractivity contribution in [2.75, 3.05) is 6.61 Å². The van der Waals surface area contributed by atoms with Crippen LogP contribution in [0.1, 0.15) is 11.6 Å². The Kier molecular flexibility index (Phi) is 3.56. The van der Waals surface area contributed by atoms with Gasteiger partial charge in [0, 0.05) is 5.56 Å². The molecule has 1 aromatic rings. The number of amides is 2. The number of hydrogen-bond acceptors (Lipinski definition) is 2. The van der Waals surface area contributed by atoms with Gasteiger partial charge in [0.25, 0.3) is 0 Å². The topological polar surface area (TPSA) is 75.4 Å². The second-order valence-corrected chi connectivity index (χ2v) is 2.88. The summed E-state index contributed by atoms with van der Waals surface area (Å²) in [7, 11) is 0. The summed E-state index contributed by atoms with van der Waals surface area (Å²) in [6.07, 6.45) is 0. The number of urea groups is 1. The maximum Gasteiger partial charge on any atom is 0.312 e. The van der Waals surface area contributed by atoms with E-state index in [0.717, 1.165) is 12.1 Å². The Morgan fingerprint density at radius 2 is 2.00 bits per heavy atom. The van der Waals surface area contributed by atoms with Crippen LogP contribution in [-0.2, 0) is 0 Å². The molecule has 0 spiro atoms. The normalized spacial score (nSPS) is 12.2. The fraction of sp³-hybridized carbons (Fsp3) is 0.222. The van der Waals surface area contributed by atoms with Gasteiger partial charge < -0.3 is 16.2 Å². The number of hydrogen-bond donors (Lipinski definition) is 3. The lowest BCUT2D eigenvalue weighted by Gasteiger charge is -2.16. The molecule has 4 nitrogen and oxygen atoms in total. The molecule has 4 N–H and O–H groups in total. The monoisotopic (exact) mass is 216 g/mol. The number of rotatable bonds is 3. The fourth-order valence-electron chi connectivity index (χ4n) is 1.22. The Morgan fingerprint density at radius 3 is 2.40 bits per heavy atom. The zero-order valence-electron chi connectivity index (χ0n) is 7.71. The first-order valence-corrected chi connectivity index (χ1v) is 4.17. The molecule has 1 rings (SSSR count). The van der Waals surface area contributed by atoms with Crippen LogP contribution in [0.15, 0.2) is 18.2 Å². The molecule has 6 heteroatoms. The number of nitrogens with two attached hydrogens (primary N) is 1. The Bertz CT molecular complexity index is 351. The van der Waals surface area contributed by atoms with E-state index in [-0.39, 0.29) is 0 Å². The Balaban J connectivity index is 3.05. The highest BCUT2D eigenvalue weighted by molar-refractivity contribution is 5.72. The highest BCUT2D eigenvalue weighted by atomic mass is 19.1. The van der Waals surface area contributed by atoms with E-state index in [1.807, 2.05) is 5.32 Å². The first-order valence-electron chi connectivity index (χ1n) is 4.17. The van der Waals surface area contributed by atoms with Crippen LogP contribution in [0, 0.1) is 11.6 Å². The number of carbonyl (C=O) groups excluding carboxylic acids is 1. The second-order valence-electron chi connectivity index (χ2n) is 2.88. The first-order chi connectivity index (χ1) is 7.06. The largest absolute Gasteiger partial charge is 0.394 e. The van der Waals surface area contributed by atoms with Gasteiger partial charge in [-0.05, 0) is 12.1 Å². The third-order valence-corrected chi connectivity index (χ3v) is 1.85. The van der Waals surface area contributed by atoms with Crippen molar-refractivity contribution in [2.24, 2.45) is 5.73 Å². The molecule has 1 aromatic carbocycles. The van der Waals surface area contributed by atoms with Crippen LogP contribution < -0.4 is 11.1 Å². The number of nitrogens with one attached hydrogen (secondary N) is 1. The minimum Gasteiger partial charge on any atom is -0.394 e. The minimum absolute atomic E-state index is 0.404. The summed E-state index contributed by atoms with van der Waals surface area (Å²) in [5.41, 5.74) is 4.40. The molecular formula is C9H10F2N2O2. The summed E-state index contributed by atoms with van der Waals surface area (Å²) >= 11 is 0. The van der Waals surface area contributed by atoms with Gasteiger partial charge in [0.05, 0.1) is 12.6 Å². The van der Waals surface area contributed by atoms with Crippen molar-refractivity contribution in [3.05, 3.63) is 35.4 Å². The molecule has 0 fully saturated rings. The smallest absolute Gasteiger partial charge is 0.312 e. The summed E-state index contributed by atoms with van der Waals surface area (Å²) in [4.78, 5) is 10.5. The van der Waals surface area contributed by atoms with E-state index in [4.69, 9.17) is 10.8 Å². The molecule has 2 amide bonds. The lowest BCUT2D eigenvalue weighted by molar-refractivity contribution is 0.220. The Labute approximate surface area is 84.7 Å². The minimum atomic E-state index is -1.18. The first kappa shape index (κ1) is 11.4. The van der Waals surface area contributed by atoms with Crippen molar-refractivity contribution in [3.8, 4) is 0 Å². The van der Waals surface area contributed by atoms with Crippen molar-refractivity contribution < 1.29 is 18.7 Å². The molecule has 0 saturated carbocycles. The molecule has 0 heterocycles. The van der Waals surface area contributed by atoms with Crippen LogP contribution in [0.5, 0.6) is 0 Å². The fourth-order valence-corrected chi connectivity index (χ4v) is 1.22. The molecule has 0 aliphatic carbocycles. The number of halogens is 2. The van der Waals surface area contributed by atoms with Crippen molar-refractivity contribution >= 4 is 6.03 Å². The summed E-state index contributed by atoms with van der Waals surface area (Å²) in [5, 5.41) is 10.9. The third kappa shape index (κ3) is 2.63. The lowest BCUT2D eigenvalue weighted by Crippen LogP contribution is -2.35. The van der Waals surface area contributed by atoms with Crippen LogP contribution in [0.3, 0.4) is 0 Å². The molecule has 0 aliphatic heterocycles. The van der Waals surface area contributed by atoms with Gasteiger partial charge in [-0.2, -0.15) is 0 Å². The van der Waals surface area contributed by atoms with E-state index < -0.39 is 35.9 Å². The van der Waals surface area contributed by atoms with Gasteiger partial charge in [0.15, 0.2) is 0 Å². The number of primary amides is 1. The van der Waals surface area contributed by atoms with Crippen LogP contribution in [0.4, 0.5) is 13.6 Å². The van der Waals surface area contributed by atoms with Crippen LogP contribution in [0.2, 0.25) is 0 Å². The Morgan fingerprint density at radius 1 is 1.47 bits per heavy atom. The van der Waals surface area contributed by atoms with E-state index >= 15 is 0 Å². The van der Waals surface area contributed by atoms with E-state index in [2.05, 4.69) is 0 Å². The second kappa shape index (κ2) is 4.70. The molecule has 0 radical (unpaired) electrons. The van der Waals surface area contributed by atoms with Gasteiger partial charge >= 0.3 is 6.03 Å². The average molecular weight is 216 g/mol. The van der Waals surface area contributed by atoms with Crippen molar-refractivity contribution in [2.45, 2.75) is 6.04 Å². The molecule has 0 aromatic heterocycles. The van der Waals surface area contributed by atoms with Crippen LogP contribution in [0.25, 0.3) is 0 Å². The van der Waals surface area contributed by atoms with Crippen molar-refractivity contribution in [1.29, 1.82) is 0 Å². The Hall–Kier alpha value is -1.69. The van der Waals surface area contributed by atoms with Crippen molar-refractivity contribution in [1.82, 2.24) is 5.32 Å². The zero-order valence-corrected chi connectivity index (χ0v) is 7.71. The molecule has 82 valence electrons. The highest BCUT2D eigenvalue weighted by Gasteiger charge is 2.20. The molecule has 1 atom stereocenters. The van der Waals surface area contributed by atoms with Gasteiger partial charge in [-0.25, -0.2) is 13.6 Å². The maximum atomic E-state index is 13.2. The van der Waals surface area contributed by atoms with Gasteiger partial charge in [-0.3, -0.25) is 0 Å². The third-order valence-electron chi connectivity index (χ3n) is 1.85. The number of benzene rings is 1. The molecule has 0 saturated heterocycles. The van der Waals surface area contributed by atoms with E-state index in [9.17, 15) is 13.6 Å². The lowest BCUT2D eigenvalue weighted by atomic mass is 10.1. The summed E-state index contributed by atoms with van der Waals surface area (Å²) in [6.45, 7) is -0.638. The predicted molar refractivity (Wildman–Crippen MR) is 48.9 cm³/mol. The highest BCUT2D eigenvalue weighted by Crippen LogP contribution is 2.19. The molecule has 0 aliphatic rings. The molecule has 15 heavy (non-hydrogen) atoms. The van der Waals surface area contributed by atoms with Gasteiger partial charge in [0.2, 0.25) is 0 Å². The van der Waals surface area contributed by atoms with Gasteiger partial charge in [0.1, 0.15) is 11.6 Å².